The van der Waals surface area contributed by atoms with Gasteiger partial charge in [-0.2, -0.15) is 0 Å². The lowest BCUT2D eigenvalue weighted by atomic mass is 10.2. The molecular weight excluding hydrogens is 573 g/mol. The number of hydrogen-bond donors (Lipinski definition) is 3. The van der Waals surface area contributed by atoms with Crippen molar-refractivity contribution < 1.29 is 4.43 Å². The van der Waals surface area contributed by atoms with Crippen LogP contribution in [0.25, 0.3) is 0 Å². The van der Waals surface area contributed by atoms with Crippen LogP contribution >= 0.6 is 37.9 Å². The maximum absolute atomic E-state index is 7.17. The Bertz CT molecular complexity index is 1220. The second-order valence-electron chi connectivity index (χ2n) is 13.3. The molecule has 8 heteroatoms. The molecule has 0 aliphatic heterocycles. The summed E-state index contributed by atoms with van der Waals surface area (Å²) in [4.78, 5) is 3.29. The maximum atomic E-state index is 7.17. The summed E-state index contributed by atoms with van der Waals surface area (Å²) in [5.74, 6) is 0. The van der Waals surface area contributed by atoms with Gasteiger partial charge < -0.3 is 4.43 Å². The van der Waals surface area contributed by atoms with Crippen molar-refractivity contribution in [3.05, 3.63) is 60.2 Å². The lowest BCUT2D eigenvalue weighted by Gasteiger charge is -2.34. The molecule has 3 aromatic carbocycles. The Labute approximate surface area is 246 Å². The van der Waals surface area contributed by atoms with E-state index in [0.717, 1.165) is 20.2 Å². The molecule has 1 nitrogen and oxygen atoms in total. The van der Waals surface area contributed by atoms with E-state index in [0.29, 0.717) is 6.61 Å². The smallest absolute Gasteiger partial charge is 0.255 e. The van der Waals surface area contributed by atoms with E-state index < -0.39 is 32.5 Å². The monoisotopic (exact) mass is 616 g/mol. The molecule has 0 N–H and O–H groups in total. The standard InChI is InChI=1S/C29H44OS3Si4/c1-34(2,3)22-15-11-14-21(27(22)31)20-30-37(10,25-18-12-16-23(28(25)32)35(4,5)6)26-19-13-17-24(29(26)33)36(7,8)9/h11-19,31-33H,20H2,1-10H3. The van der Waals surface area contributed by atoms with Crippen LogP contribution < -0.4 is 25.9 Å². The van der Waals surface area contributed by atoms with Crippen LogP contribution in [0.4, 0.5) is 0 Å². The fourth-order valence-corrected chi connectivity index (χ4v) is 17.4. The van der Waals surface area contributed by atoms with E-state index in [9.17, 15) is 0 Å². The van der Waals surface area contributed by atoms with E-state index in [1.54, 1.807) is 0 Å². The number of thiol groups is 3. The number of benzene rings is 3. The van der Waals surface area contributed by atoms with Crippen LogP contribution in [0, 0.1) is 0 Å². The number of hydrogen-bond acceptors (Lipinski definition) is 4. The molecule has 0 aromatic heterocycles. The van der Waals surface area contributed by atoms with Gasteiger partial charge in [0.15, 0.2) is 0 Å². The van der Waals surface area contributed by atoms with Crippen LogP contribution in [0.2, 0.25) is 65.5 Å². The van der Waals surface area contributed by atoms with Crippen molar-refractivity contribution >= 4 is 96.4 Å². The Morgan fingerprint density at radius 2 is 0.811 bits per heavy atom. The SMILES string of the molecule is C[Si](C)(C)c1cccc(CO[Si](C)(c2cccc([Si](C)(C)C)c2S)c2cccc([Si](C)(C)C)c2S)c1S. The molecule has 0 spiro atoms. The molecule has 0 aliphatic rings. The Morgan fingerprint density at radius 3 is 1.19 bits per heavy atom. The third-order valence-corrected chi connectivity index (χ3v) is 19.4. The van der Waals surface area contributed by atoms with Gasteiger partial charge in [0.1, 0.15) is 0 Å². The van der Waals surface area contributed by atoms with Crippen molar-refractivity contribution in [3.63, 3.8) is 0 Å². The topological polar surface area (TPSA) is 9.23 Å². The summed E-state index contributed by atoms with van der Waals surface area (Å²) in [5, 5.41) is 6.62. The van der Waals surface area contributed by atoms with Crippen molar-refractivity contribution in [1.82, 2.24) is 0 Å². The highest BCUT2D eigenvalue weighted by Gasteiger charge is 2.40. The molecule has 0 saturated carbocycles. The number of rotatable bonds is 8. The molecule has 0 heterocycles. The summed E-state index contributed by atoms with van der Waals surface area (Å²) in [5.41, 5.74) is 1.16. The van der Waals surface area contributed by atoms with Crippen LogP contribution in [0.15, 0.2) is 69.3 Å². The maximum Gasteiger partial charge on any atom is 0.255 e. The fourth-order valence-electron chi connectivity index (χ4n) is 4.90. The molecule has 0 saturated heterocycles. The highest BCUT2D eigenvalue weighted by molar-refractivity contribution is 7.81. The first-order valence-corrected chi connectivity index (χ1v) is 27.2. The van der Waals surface area contributed by atoms with Gasteiger partial charge in [0.05, 0.1) is 30.8 Å². The molecule has 0 unspecified atom stereocenters. The van der Waals surface area contributed by atoms with Crippen molar-refractivity contribution in [1.29, 1.82) is 0 Å². The van der Waals surface area contributed by atoms with Crippen LogP contribution in [0.5, 0.6) is 0 Å². The van der Waals surface area contributed by atoms with E-state index in [2.05, 4.69) is 120 Å². The van der Waals surface area contributed by atoms with Crippen LogP contribution in [-0.2, 0) is 11.0 Å². The molecule has 37 heavy (non-hydrogen) atoms. The van der Waals surface area contributed by atoms with Gasteiger partial charge in [-0.05, 0) is 38.0 Å². The molecule has 0 amide bonds. The first kappa shape index (κ1) is 31.1. The molecule has 200 valence electrons. The first-order chi connectivity index (χ1) is 16.9. The molecule has 0 atom stereocenters. The quantitative estimate of drug-likeness (QED) is 0.205. The average molecular weight is 617 g/mol. The van der Waals surface area contributed by atoms with E-state index in [1.807, 2.05) is 0 Å². The molecule has 0 aliphatic carbocycles. The lowest BCUT2D eigenvalue weighted by molar-refractivity contribution is 0.304. The highest BCUT2D eigenvalue weighted by Crippen LogP contribution is 2.23. The van der Waals surface area contributed by atoms with Gasteiger partial charge in [0.25, 0.3) is 8.32 Å². The van der Waals surface area contributed by atoms with Crippen LogP contribution in [-0.4, -0.2) is 32.5 Å². The Hall–Kier alpha value is -0.462. The summed E-state index contributed by atoms with van der Waals surface area (Å²) in [6.07, 6.45) is 0. The third kappa shape index (κ3) is 6.65. The van der Waals surface area contributed by atoms with Gasteiger partial charge in [-0.15, -0.1) is 37.9 Å². The van der Waals surface area contributed by atoms with Crippen molar-refractivity contribution in [2.75, 3.05) is 0 Å². The molecule has 0 bridgehead atoms. The lowest BCUT2D eigenvalue weighted by Crippen LogP contribution is -2.62. The Morgan fingerprint density at radius 1 is 0.486 bits per heavy atom. The molecule has 3 rings (SSSR count). The highest BCUT2D eigenvalue weighted by atomic mass is 32.1. The van der Waals surface area contributed by atoms with Gasteiger partial charge >= 0.3 is 0 Å². The van der Waals surface area contributed by atoms with E-state index in [-0.39, 0.29) is 0 Å². The van der Waals surface area contributed by atoms with E-state index >= 15 is 0 Å². The normalized spacial score (nSPS) is 13.2. The Kier molecular flexibility index (Phi) is 9.40. The van der Waals surface area contributed by atoms with Gasteiger partial charge in [0.2, 0.25) is 0 Å². The predicted molar refractivity (Wildman–Crippen MR) is 186 cm³/mol. The summed E-state index contributed by atoms with van der Waals surface area (Å²) in [6.45, 7) is 24.3. The van der Waals surface area contributed by atoms with Gasteiger partial charge in [-0.1, -0.05) is 114 Å². The van der Waals surface area contributed by atoms with Crippen molar-refractivity contribution in [2.45, 2.75) is 86.8 Å². The van der Waals surface area contributed by atoms with Crippen LogP contribution in [0.1, 0.15) is 5.56 Å². The minimum atomic E-state index is -2.71. The molecule has 0 fully saturated rings. The zero-order chi connectivity index (χ0) is 28.0. The van der Waals surface area contributed by atoms with E-state index in [4.69, 9.17) is 42.3 Å². The second kappa shape index (κ2) is 11.2. The van der Waals surface area contributed by atoms with Gasteiger partial charge in [-0.25, -0.2) is 0 Å². The van der Waals surface area contributed by atoms with E-state index in [1.165, 1.54) is 25.9 Å². The van der Waals surface area contributed by atoms with Crippen LogP contribution in [0.3, 0.4) is 0 Å². The summed E-state index contributed by atoms with van der Waals surface area (Å²) in [7, 11) is -7.43. The third-order valence-electron chi connectivity index (χ3n) is 7.16. The molecule has 0 radical (unpaired) electrons. The second-order valence-corrected chi connectivity index (χ2v) is 33.2. The van der Waals surface area contributed by atoms with Gasteiger partial charge in [0, 0.05) is 14.7 Å². The molecule has 3 aromatic rings. The van der Waals surface area contributed by atoms with Crippen molar-refractivity contribution in [2.24, 2.45) is 0 Å². The zero-order valence-electron chi connectivity index (χ0n) is 24.2. The van der Waals surface area contributed by atoms with Gasteiger partial charge in [-0.3, -0.25) is 0 Å². The zero-order valence-corrected chi connectivity index (χ0v) is 30.8. The summed E-state index contributed by atoms with van der Waals surface area (Å²) >= 11 is 15.4. The minimum Gasteiger partial charge on any atom is -0.404 e. The van der Waals surface area contributed by atoms with Crippen molar-refractivity contribution in [3.8, 4) is 0 Å². The summed E-state index contributed by atoms with van der Waals surface area (Å²) in [6, 6.07) is 20.0. The summed E-state index contributed by atoms with van der Waals surface area (Å²) < 4.78 is 7.17. The average Bonchev–Trinajstić information content (AvgIpc) is 2.76. The predicted octanol–water partition coefficient (Wildman–Crippen LogP) is 6.09. The first-order valence-electron chi connectivity index (χ1n) is 13.0. The minimum absolute atomic E-state index is 0.522. The Balaban J connectivity index is 2.24. The fraction of sp³-hybridized carbons (Fsp3) is 0.379. The largest absolute Gasteiger partial charge is 0.404 e. The molecular formula is C29H44OS3Si4.